The fraction of sp³-hybridized carbons (Fsp3) is 0.300. The maximum Gasteiger partial charge on any atom is 0.206 e. The molecule has 0 unspecified atom stereocenters. The highest BCUT2D eigenvalue weighted by Gasteiger charge is 2.42. The van der Waals surface area contributed by atoms with Crippen LogP contribution in [0.3, 0.4) is 0 Å². The molecule has 25 heavy (non-hydrogen) atoms. The van der Waals surface area contributed by atoms with E-state index in [0.29, 0.717) is 14.3 Å². The van der Waals surface area contributed by atoms with Crippen LogP contribution in [0.15, 0.2) is 64.0 Å². The highest BCUT2D eigenvalue weighted by Crippen LogP contribution is 2.49. The predicted molar refractivity (Wildman–Crippen MR) is 101 cm³/mol. The second kappa shape index (κ2) is 5.53. The quantitative estimate of drug-likeness (QED) is 0.841. The zero-order valence-corrected chi connectivity index (χ0v) is 15.4. The Morgan fingerprint density at radius 2 is 1.76 bits per heavy atom. The largest absolute Gasteiger partial charge is 0.327 e. The van der Waals surface area contributed by atoms with E-state index in [1.54, 1.807) is 30.3 Å². The van der Waals surface area contributed by atoms with Crippen molar-refractivity contribution in [3.63, 3.8) is 0 Å². The van der Waals surface area contributed by atoms with Gasteiger partial charge in [-0.15, -0.1) is 0 Å². The molecule has 1 aliphatic carbocycles. The van der Waals surface area contributed by atoms with Crippen LogP contribution in [0.5, 0.6) is 0 Å². The van der Waals surface area contributed by atoms with Gasteiger partial charge < -0.3 is 5.73 Å². The Morgan fingerprint density at radius 1 is 1.04 bits per heavy atom. The highest BCUT2D eigenvalue weighted by molar-refractivity contribution is 7.91. The smallest absolute Gasteiger partial charge is 0.206 e. The number of quaternary nitrogens is 1. The maximum absolute atomic E-state index is 13.0. The molecule has 2 aromatic carbocycles. The summed E-state index contributed by atoms with van der Waals surface area (Å²) >= 11 is 0. The third-order valence-corrected chi connectivity index (χ3v) is 7.27. The van der Waals surface area contributed by atoms with Crippen LogP contribution in [-0.2, 0) is 9.84 Å². The minimum Gasteiger partial charge on any atom is -0.327 e. The number of hydrogen-bond acceptors (Lipinski definition) is 3. The summed E-state index contributed by atoms with van der Waals surface area (Å²) < 4.78 is 26.6. The third kappa shape index (κ3) is 2.46. The minimum atomic E-state index is -3.51. The molecule has 4 rings (SSSR count). The standard InChI is InChI=1S/C20H23N2O2S/c1-22(2)19-10-8-14(21)12-17(19)18-13-16(9-11-20(18)22)25(23,24)15-6-4-3-5-7-15/h3-7,9,11,13-14H,8,10,12,21H2,1-2H3/q+1/t14-/m0/s1. The van der Waals surface area contributed by atoms with Gasteiger partial charge in [0.15, 0.2) is 0 Å². The van der Waals surface area contributed by atoms with Crippen molar-refractivity contribution in [1.29, 1.82) is 0 Å². The Hall–Kier alpha value is -1.95. The molecule has 0 saturated carbocycles. The topological polar surface area (TPSA) is 60.2 Å². The number of fused-ring (bicyclic) bond motifs is 2. The summed E-state index contributed by atoms with van der Waals surface area (Å²) in [4.78, 5) is 0.682. The van der Waals surface area contributed by atoms with Gasteiger partial charge in [-0.3, -0.25) is 4.48 Å². The van der Waals surface area contributed by atoms with Crippen LogP contribution >= 0.6 is 0 Å². The SMILES string of the molecule is C[N+]1(C)C2=C(C[C@@H](N)CC2)c2cc(S(=O)(=O)c3ccccc3)ccc21. The van der Waals surface area contributed by atoms with Gasteiger partial charge >= 0.3 is 0 Å². The Labute approximate surface area is 149 Å². The Balaban J connectivity index is 1.87. The lowest BCUT2D eigenvalue weighted by atomic mass is 9.90. The summed E-state index contributed by atoms with van der Waals surface area (Å²) in [5.74, 6) is 0. The van der Waals surface area contributed by atoms with Crippen molar-refractivity contribution in [3.05, 3.63) is 59.8 Å². The van der Waals surface area contributed by atoms with Gasteiger partial charge in [-0.1, -0.05) is 18.2 Å². The molecular weight excluding hydrogens is 332 g/mol. The number of rotatable bonds is 2. The van der Waals surface area contributed by atoms with E-state index in [-0.39, 0.29) is 6.04 Å². The van der Waals surface area contributed by atoms with Gasteiger partial charge in [-0.25, -0.2) is 8.42 Å². The summed E-state index contributed by atoms with van der Waals surface area (Å²) in [5, 5.41) is 0. The number of sulfone groups is 1. The zero-order chi connectivity index (χ0) is 17.8. The molecule has 0 spiro atoms. The lowest BCUT2D eigenvalue weighted by Crippen LogP contribution is -2.39. The summed E-state index contributed by atoms with van der Waals surface area (Å²) in [5.41, 5.74) is 11.0. The van der Waals surface area contributed by atoms with Crippen LogP contribution in [0.2, 0.25) is 0 Å². The number of nitrogens with zero attached hydrogens (tertiary/aromatic N) is 1. The number of allylic oxidation sites excluding steroid dienone is 1. The molecule has 1 aliphatic heterocycles. The normalized spacial score (nSPS) is 21.8. The van der Waals surface area contributed by atoms with Crippen LogP contribution < -0.4 is 10.2 Å². The van der Waals surface area contributed by atoms with Gasteiger partial charge in [-0.2, -0.15) is 0 Å². The lowest BCUT2D eigenvalue weighted by Gasteiger charge is -2.30. The van der Waals surface area contributed by atoms with Crippen molar-refractivity contribution in [2.45, 2.75) is 35.1 Å². The second-order valence-corrected chi connectivity index (χ2v) is 9.33. The van der Waals surface area contributed by atoms with Gasteiger partial charge in [0.05, 0.1) is 23.9 Å². The molecule has 1 heterocycles. The van der Waals surface area contributed by atoms with Crippen molar-refractivity contribution in [3.8, 4) is 0 Å². The van der Waals surface area contributed by atoms with Crippen molar-refractivity contribution in [1.82, 2.24) is 4.48 Å². The second-order valence-electron chi connectivity index (χ2n) is 7.38. The molecule has 4 nitrogen and oxygen atoms in total. The number of hydrogen-bond donors (Lipinski definition) is 1. The first-order valence-electron chi connectivity index (χ1n) is 8.59. The molecule has 1 atom stereocenters. The van der Waals surface area contributed by atoms with Gasteiger partial charge in [-0.05, 0) is 37.1 Å². The van der Waals surface area contributed by atoms with Gasteiger partial charge in [0.2, 0.25) is 9.84 Å². The number of benzene rings is 2. The average Bonchev–Trinajstić information content (AvgIpc) is 2.82. The van der Waals surface area contributed by atoms with Crippen LogP contribution in [0.4, 0.5) is 5.69 Å². The summed E-state index contributed by atoms with van der Waals surface area (Å²) in [6.45, 7) is 0. The van der Waals surface area contributed by atoms with E-state index in [4.69, 9.17) is 5.73 Å². The van der Waals surface area contributed by atoms with Crippen LogP contribution in [0, 0.1) is 0 Å². The number of nitrogens with two attached hydrogens (primary N) is 1. The Morgan fingerprint density at radius 3 is 2.48 bits per heavy atom. The molecule has 0 radical (unpaired) electrons. The molecule has 2 aliphatic rings. The fourth-order valence-electron chi connectivity index (χ4n) is 4.13. The van der Waals surface area contributed by atoms with Gasteiger partial charge in [0.25, 0.3) is 0 Å². The van der Waals surface area contributed by atoms with Crippen molar-refractivity contribution < 1.29 is 8.42 Å². The van der Waals surface area contributed by atoms with Gasteiger partial charge in [0, 0.05) is 29.7 Å². The van der Waals surface area contributed by atoms with Crippen molar-refractivity contribution in [2.75, 3.05) is 14.1 Å². The van der Waals surface area contributed by atoms with E-state index in [9.17, 15) is 8.42 Å². The molecule has 130 valence electrons. The average molecular weight is 355 g/mol. The van der Waals surface area contributed by atoms with Crippen molar-refractivity contribution in [2.24, 2.45) is 5.73 Å². The Bertz CT molecular complexity index is 976. The molecule has 2 N–H and O–H groups in total. The Kier molecular flexibility index (Phi) is 3.65. The minimum absolute atomic E-state index is 0.152. The molecule has 0 saturated heterocycles. The fourth-order valence-corrected chi connectivity index (χ4v) is 5.44. The molecule has 0 amide bonds. The van der Waals surface area contributed by atoms with E-state index >= 15 is 0 Å². The first-order chi connectivity index (χ1) is 11.8. The van der Waals surface area contributed by atoms with E-state index < -0.39 is 9.84 Å². The zero-order valence-electron chi connectivity index (χ0n) is 14.6. The molecular formula is C20H23N2O2S+. The van der Waals surface area contributed by atoms with Gasteiger partial charge in [0.1, 0.15) is 11.4 Å². The highest BCUT2D eigenvalue weighted by atomic mass is 32.2. The first-order valence-corrected chi connectivity index (χ1v) is 10.1. The summed E-state index contributed by atoms with van der Waals surface area (Å²) in [7, 11) is 0.830. The maximum atomic E-state index is 13.0. The molecule has 5 heteroatoms. The van der Waals surface area contributed by atoms with E-state index in [1.807, 2.05) is 18.2 Å². The summed E-state index contributed by atoms with van der Waals surface area (Å²) in [6.07, 6.45) is 2.78. The van der Waals surface area contributed by atoms with Crippen LogP contribution in [0.1, 0.15) is 24.8 Å². The molecule has 2 aromatic rings. The lowest BCUT2D eigenvalue weighted by molar-refractivity contribution is 0.453. The van der Waals surface area contributed by atoms with Crippen LogP contribution in [-0.4, -0.2) is 28.6 Å². The van der Waals surface area contributed by atoms with Crippen LogP contribution in [0.25, 0.3) is 5.57 Å². The monoisotopic (exact) mass is 355 g/mol. The first kappa shape index (κ1) is 16.5. The van der Waals surface area contributed by atoms with E-state index in [0.717, 1.165) is 30.5 Å². The molecule has 0 bridgehead atoms. The third-order valence-electron chi connectivity index (χ3n) is 5.50. The molecule has 0 aromatic heterocycles. The molecule has 0 fully saturated rings. The summed E-state index contributed by atoms with van der Waals surface area (Å²) in [6, 6.07) is 14.3. The van der Waals surface area contributed by atoms with E-state index in [1.165, 1.54) is 11.3 Å². The van der Waals surface area contributed by atoms with E-state index in [2.05, 4.69) is 14.1 Å². The van der Waals surface area contributed by atoms with Crippen molar-refractivity contribution >= 4 is 21.1 Å². The predicted octanol–water partition coefficient (Wildman–Crippen LogP) is 3.32.